The molecule has 7 nitrogen and oxygen atoms in total. The van der Waals surface area contributed by atoms with E-state index in [9.17, 15) is 13.2 Å². The lowest BCUT2D eigenvalue weighted by Crippen LogP contribution is -2.40. The van der Waals surface area contributed by atoms with Crippen molar-refractivity contribution in [1.29, 1.82) is 0 Å². The number of sulfone groups is 1. The fourth-order valence-corrected chi connectivity index (χ4v) is 5.63. The van der Waals surface area contributed by atoms with Gasteiger partial charge in [-0.1, -0.05) is 36.3 Å². The van der Waals surface area contributed by atoms with Crippen molar-refractivity contribution in [2.24, 2.45) is 0 Å². The first-order chi connectivity index (χ1) is 15.9. The molecule has 0 bridgehead atoms. The van der Waals surface area contributed by atoms with Crippen LogP contribution in [-0.4, -0.2) is 58.1 Å². The van der Waals surface area contributed by atoms with Crippen LogP contribution in [0.5, 0.6) is 0 Å². The molecular formula is C25H24N4O3S. The second kappa shape index (κ2) is 9.84. The van der Waals surface area contributed by atoms with Crippen molar-refractivity contribution in [2.45, 2.75) is 19.0 Å². The first kappa shape index (κ1) is 22.5. The molecule has 2 aromatic heterocycles. The van der Waals surface area contributed by atoms with Crippen LogP contribution in [0.1, 0.15) is 17.5 Å². The van der Waals surface area contributed by atoms with Gasteiger partial charge in [0.2, 0.25) is 5.91 Å². The summed E-state index contributed by atoms with van der Waals surface area (Å²) in [5, 5.41) is 4.72. The highest BCUT2D eigenvalue weighted by molar-refractivity contribution is 7.91. The zero-order valence-electron chi connectivity index (χ0n) is 18.0. The highest BCUT2D eigenvalue weighted by atomic mass is 32.2. The van der Waals surface area contributed by atoms with Crippen molar-refractivity contribution in [2.75, 3.05) is 18.1 Å². The highest BCUT2D eigenvalue weighted by Gasteiger charge is 2.33. The van der Waals surface area contributed by atoms with Crippen LogP contribution in [0.4, 0.5) is 0 Å². The number of terminal acetylenes is 1. The normalized spacial score (nSPS) is 17.1. The Kier molecular flexibility index (Phi) is 6.71. The lowest BCUT2D eigenvalue weighted by molar-refractivity contribution is -0.127. The summed E-state index contributed by atoms with van der Waals surface area (Å²) in [6.07, 6.45) is 14.3. The minimum atomic E-state index is -3.14. The number of nitrogens with zero attached hydrogens (tertiary/aromatic N) is 4. The predicted octanol–water partition coefficient (Wildman–Crippen LogP) is 2.66. The monoisotopic (exact) mass is 460 g/mol. The molecule has 1 amide bonds. The van der Waals surface area contributed by atoms with E-state index in [1.165, 1.54) is 11.0 Å². The highest BCUT2D eigenvalue weighted by Crippen LogP contribution is 2.24. The number of aromatic nitrogens is 3. The molecule has 0 radical (unpaired) electrons. The van der Waals surface area contributed by atoms with E-state index >= 15 is 0 Å². The SMILES string of the molecule is C#CCN(C(=O)/C=C/c1cn(Cc2ccccc2)nc1-c1cccnc1)[C@@H]1CCS(=O)(=O)C1. The molecule has 33 heavy (non-hydrogen) atoms. The first-order valence-electron chi connectivity index (χ1n) is 10.6. The van der Waals surface area contributed by atoms with Gasteiger partial charge >= 0.3 is 0 Å². The number of carbonyl (C=O) groups is 1. The Morgan fingerprint density at radius 1 is 1.24 bits per heavy atom. The van der Waals surface area contributed by atoms with Crippen molar-refractivity contribution >= 4 is 21.8 Å². The summed E-state index contributed by atoms with van der Waals surface area (Å²) in [6, 6.07) is 13.3. The molecule has 168 valence electrons. The predicted molar refractivity (Wildman–Crippen MR) is 128 cm³/mol. The van der Waals surface area contributed by atoms with Gasteiger partial charge in [0.15, 0.2) is 9.84 Å². The van der Waals surface area contributed by atoms with Crippen LogP contribution in [0.25, 0.3) is 17.3 Å². The van der Waals surface area contributed by atoms with Crippen LogP contribution < -0.4 is 0 Å². The summed E-state index contributed by atoms with van der Waals surface area (Å²) in [5.74, 6) is 2.18. The van der Waals surface area contributed by atoms with E-state index in [1.54, 1.807) is 18.5 Å². The minimum absolute atomic E-state index is 0.0514. The van der Waals surface area contributed by atoms with Gasteiger partial charge in [0.05, 0.1) is 24.6 Å². The summed E-state index contributed by atoms with van der Waals surface area (Å²) in [7, 11) is -3.14. The molecule has 1 atom stereocenters. The average Bonchev–Trinajstić information content (AvgIpc) is 3.39. The molecule has 0 saturated carbocycles. The topological polar surface area (TPSA) is 85.2 Å². The molecular weight excluding hydrogens is 436 g/mol. The molecule has 1 aliphatic rings. The first-order valence-corrected chi connectivity index (χ1v) is 12.4. The Morgan fingerprint density at radius 2 is 2.06 bits per heavy atom. The fourth-order valence-electron chi connectivity index (χ4n) is 3.90. The van der Waals surface area contributed by atoms with Gasteiger partial charge < -0.3 is 4.90 Å². The number of hydrogen-bond acceptors (Lipinski definition) is 5. The number of hydrogen-bond donors (Lipinski definition) is 0. The second-order valence-corrected chi connectivity index (χ2v) is 10.1. The van der Waals surface area contributed by atoms with Crippen molar-refractivity contribution in [3.05, 3.63) is 78.3 Å². The number of amides is 1. The Hall–Kier alpha value is -3.70. The molecule has 0 unspecified atom stereocenters. The van der Waals surface area contributed by atoms with Gasteiger partial charge in [0, 0.05) is 41.8 Å². The maximum absolute atomic E-state index is 13.0. The zero-order chi connectivity index (χ0) is 23.3. The van der Waals surface area contributed by atoms with Crippen molar-refractivity contribution in [1.82, 2.24) is 19.7 Å². The van der Waals surface area contributed by atoms with Crippen molar-refractivity contribution in [3.63, 3.8) is 0 Å². The Morgan fingerprint density at radius 3 is 2.73 bits per heavy atom. The van der Waals surface area contributed by atoms with E-state index in [4.69, 9.17) is 11.5 Å². The number of benzene rings is 1. The number of rotatable bonds is 7. The summed E-state index contributed by atoms with van der Waals surface area (Å²) in [6.45, 7) is 0.644. The van der Waals surface area contributed by atoms with Gasteiger partial charge in [0.25, 0.3) is 0 Å². The van der Waals surface area contributed by atoms with Crippen molar-refractivity contribution in [3.8, 4) is 23.6 Å². The second-order valence-electron chi connectivity index (χ2n) is 7.92. The van der Waals surface area contributed by atoms with E-state index < -0.39 is 15.9 Å². The molecule has 0 spiro atoms. The van der Waals surface area contributed by atoms with Crippen LogP contribution in [0.15, 0.2) is 67.1 Å². The molecule has 1 saturated heterocycles. The van der Waals surface area contributed by atoms with E-state index in [2.05, 4.69) is 10.9 Å². The molecule has 1 aromatic carbocycles. The largest absolute Gasteiger partial charge is 0.324 e. The number of carbonyl (C=O) groups excluding carboxylic acids is 1. The van der Waals surface area contributed by atoms with E-state index in [0.717, 1.165) is 16.7 Å². The van der Waals surface area contributed by atoms with Gasteiger partial charge in [0.1, 0.15) is 5.69 Å². The van der Waals surface area contributed by atoms with Crippen molar-refractivity contribution < 1.29 is 13.2 Å². The maximum Gasteiger partial charge on any atom is 0.247 e. The van der Waals surface area contributed by atoms with Crippen LogP contribution in [0.3, 0.4) is 0 Å². The van der Waals surface area contributed by atoms with Gasteiger partial charge in [-0.2, -0.15) is 5.10 Å². The Bertz CT molecular complexity index is 1290. The van der Waals surface area contributed by atoms with E-state index in [1.807, 2.05) is 53.3 Å². The smallest absolute Gasteiger partial charge is 0.247 e. The van der Waals surface area contributed by atoms with Crippen LogP contribution in [-0.2, 0) is 21.2 Å². The summed E-state index contributed by atoms with van der Waals surface area (Å²) in [5.41, 5.74) is 3.40. The standard InChI is InChI=1S/C25H24N4O3S/c1-2-14-29(23-12-15-33(31,32)19-23)24(30)11-10-22-18-28(17-20-7-4-3-5-8-20)27-25(22)21-9-6-13-26-16-21/h1,3-11,13,16,18,23H,12,14-15,17,19H2/b11-10+/t23-/m1/s1. The summed E-state index contributed by atoms with van der Waals surface area (Å²) < 4.78 is 25.6. The molecule has 4 rings (SSSR count). The molecule has 0 N–H and O–H groups in total. The fraction of sp³-hybridized carbons (Fsp3) is 0.240. The third-order valence-corrected chi connectivity index (χ3v) is 7.26. The number of pyridine rings is 1. The summed E-state index contributed by atoms with van der Waals surface area (Å²) in [4.78, 5) is 18.6. The summed E-state index contributed by atoms with van der Waals surface area (Å²) >= 11 is 0. The molecule has 3 aromatic rings. The van der Waals surface area contributed by atoms with E-state index in [-0.39, 0.29) is 24.0 Å². The van der Waals surface area contributed by atoms with Gasteiger partial charge in [-0.25, -0.2) is 8.42 Å². The molecule has 8 heteroatoms. The third kappa shape index (κ3) is 5.57. The molecule has 1 aliphatic heterocycles. The van der Waals surface area contributed by atoms with Gasteiger partial charge in [-0.3, -0.25) is 14.5 Å². The minimum Gasteiger partial charge on any atom is -0.324 e. The Balaban J connectivity index is 1.61. The average molecular weight is 461 g/mol. The molecule has 3 heterocycles. The molecule has 0 aliphatic carbocycles. The van der Waals surface area contributed by atoms with Crippen LogP contribution >= 0.6 is 0 Å². The quantitative estimate of drug-likeness (QED) is 0.400. The lowest BCUT2D eigenvalue weighted by Gasteiger charge is -2.24. The van der Waals surface area contributed by atoms with Crippen LogP contribution in [0.2, 0.25) is 0 Å². The van der Waals surface area contributed by atoms with Gasteiger partial charge in [-0.15, -0.1) is 6.42 Å². The zero-order valence-corrected chi connectivity index (χ0v) is 18.9. The van der Waals surface area contributed by atoms with Crippen LogP contribution in [0, 0.1) is 12.3 Å². The van der Waals surface area contributed by atoms with E-state index in [0.29, 0.717) is 18.7 Å². The van der Waals surface area contributed by atoms with Gasteiger partial charge in [-0.05, 0) is 30.2 Å². The Labute approximate surface area is 193 Å². The molecule has 1 fully saturated rings. The maximum atomic E-state index is 13.0. The lowest BCUT2D eigenvalue weighted by atomic mass is 10.1. The third-order valence-electron chi connectivity index (χ3n) is 5.51.